The fourth-order valence-electron chi connectivity index (χ4n) is 3.12. The van der Waals surface area contributed by atoms with Crippen molar-refractivity contribution in [3.05, 3.63) is 59.8 Å². The minimum absolute atomic E-state index is 0.310. The lowest BCUT2D eigenvalue weighted by molar-refractivity contribution is -0.110. The molecule has 0 atom stereocenters. The molecule has 27 heavy (non-hydrogen) atoms. The van der Waals surface area contributed by atoms with Crippen molar-refractivity contribution in [2.75, 3.05) is 28.6 Å². The van der Waals surface area contributed by atoms with Crippen LogP contribution >= 0.6 is 0 Å². The number of hydrogen-bond acceptors (Lipinski definition) is 3. The second-order valence-corrected chi connectivity index (χ2v) is 6.45. The summed E-state index contributed by atoms with van der Waals surface area (Å²) >= 11 is 0. The van der Waals surface area contributed by atoms with E-state index in [1.54, 1.807) is 18.2 Å². The molecule has 142 valence electrons. The van der Waals surface area contributed by atoms with Crippen LogP contribution in [0.2, 0.25) is 0 Å². The average Bonchev–Trinajstić information content (AvgIpc) is 2.96. The van der Waals surface area contributed by atoms with Gasteiger partial charge in [0.2, 0.25) is 0 Å². The van der Waals surface area contributed by atoms with Gasteiger partial charge in [0, 0.05) is 30.5 Å². The third kappa shape index (κ3) is 4.10. The van der Waals surface area contributed by atoms with Crippen molar-refractivity contribution in [3.63, 3.8) is 0 Å². The first-order valence-electron chi connectivity index (χ1n) is 9.16. The highest BCUT2D eigenvalue weighted by Crippen LogP contribution is 2.32. The number of anilines is 3. The second kappa shape index (κ2) is 8.20. The molecule has 1 aliphatic heterocycles. The number of benzene rings is 2. The predicted molar refractivity (Wildman–Crippen MR) is 106 cm³/mol. The van der Waals surface area contributed by atoms with Gasteiger partial charge in [-0.05, 0) is 49.7 Å². The van der Waals surface area contributed by atoms with Gasteiger partial charge in [0.25, 0.3) is 5.91 Å². The molecule has 1 amide bonds. The lowest BCUT2D eigenvalue weighted by atomic mass is 10.1. The normalized spacial score (nSPS) is 14.2. The molecule has 3 rings (SSSR count). The van der Waals surface area contributed by atoms with E-state index < -0.39 is 5.82 Å². The number of nitrogens with one attached hydrogen (secondary N) is 2. The maximum absolute atomic E-state index is 14.6. The summed E-state index contributed by atoms with van der Waals surface area (Å²) in [5, 5.41) is 5.58. The van der Waals surface area contributed by atoms with E-state index >= 15 is 0 Å². The van der Waals surface area contributed by atoms with E-state index in [0.29, 0.717) is 28.2 Å². The second-order valence-electron chi connectivity index (χ2n) is 6.45. The quantitative estimate of drug-likeness (QED) is 0.674. The summed E-state index contributed by atoms with van der Waals surface area (Å²) in [5.74, 6) is -1.05. The van der Waals surface area contributed by atoms with E-state index in [2.05, 4.69) is 17.6 Å². The number of amides is 1. The SMILES string of the molecule is CCCCN(CC)c1ccc(N/C=C2/C(=O)Nc3cc(F)ccc32)cc1F. The van der Waals surface area contributed by atoms with Crippen LogP contribution < -0.4 is 15.5 Å². The summed E-state index contributed by atoms with van der Waals surface area (Å²) in [6.07, 6.45) is 3.58. The van der Waals surface area contributed by atoms with Crippen LogP contribution in [-0.2, 0) is 4.79 Å². The zero-order chi connectivity index (χ0) is 19.4. The summed E-state index contributed by atoms with van der Waals surface area (Å²) in [4.78, 5) is 14.1. The predicted octanol–water partition coefficient (Wildman–Crippen LogP) is 5.00. The van der Waals surface area contributed by atoms with Crippen LogP contribution in [-0.4, -0.2) is 19.0 Å². The van der Waals surface area contributed by atoms with Gasteiger partial charge >= 0.3 is 0 Å². The molecule has 0 saturated heterocycles. The Morgan fingerprint density at radius 2 is 1.96 bits per heavy atom. The van der Waals surface area contributed by atoms with Gasteiger partial charge in [0.1, 0.15) is 11.6 Å². The lowest BCUT2D eigenvalue weighted by Gasteiger charge is -2.23. The summed E-state index contributed by atoms with van der Waals surface area (Å²) in [6.45, 7) is 5.66. The summed E-state index contributed by atoms with van der Waals surface area (Å²) < 4.78 is 27.8. The number of nitrogens with zero attached hydrogens (tertiary/aromatic N) is 1. The molecule has 1 aliphatic rings. The molecule has 2 aromatic carbocycles. The summed E-state index contributed by atoms with van der Waals surface area (Å²) in [6, 6.07) is 9.07. The largest absolute Gasteiger partial charge is 0.369 e. The lowest BCUT2D eigenvalue weighted by Crippen LogP contribution is -2.24. The van der Waals surface area contributed by atoms with Crippen LogP contribution in [0.5, 0.6) is 0 Å². The zero-order valence-electron chi connectivity index (χ0n) is 15.5. The smallest absolute Gasteiger partial charge is 0.257 e. The minimum Gasteiger partial charge on any atom is -0.369 e. The molecule has 0 radical (unpaired) electrons. The number of carbonyl (C=O) groups excluding carboxylic acids is 1. The van der Waals surface area contributed by atoms with Crippen LogP contribution in [0.4, 0.5) is 25.8 Å². The Bertz CT molecular complexity index is 880. The molecule has 0 spiro atoms. The van der Waals surface area contributed by atoms with Crippen LogP contribution in [0.25, 0.3) is 5.57 Å². The highest BCUT2D eigenvalue weighted by molar-refractivity contribution is 6.31. The minimum atomic E-state index is -0.413. The fraction of sp³-hybridized carbons (Fsp3) is 0.286. The van der Waals surface area contributed by atoms with E-state index in [0.717, 1.165) is 25.9 Å². The molecule has 0 bridgehead atoms. The molecular formula is C21H23F2N3O. The van der Waals surface area contributed by atoms with Gasteiger partial charge in [-0.25, -0.2) is 8.78 Å². The Kier molecular flexibility index (Phi) is 5.74. The molecule has 0 fully saturated rings. The maximum atomic E-state index is 14.6. The Morgan fingerprint density at radius 3 is 2.67 bits per heavy atom. The van der Waals surface area contributed by atoms with Gasteiger partial charge in [-0.1, -0.05) is 13.3 Å². The third-order valence-corrected chi connectivity index (χ3v) is 4.60. The van der Waals surface area contributed by atoms with E-state index in [1.807, 2.05) is 11.8 Å². The molecule has 0 saturated carbocycles. The van der Waals surface area contributed by atoms with E-state index in [4.69, 9.17) is 0 Å². The first kappa shape index (κ1) is 18.9. The number of fused-ring (bicyclic) bond motifs is 1. The van der Waals surface area contributed by atoms with Crippen molar-refractivity contribution < 1.29 is 13.6 Å². The molecule has 0 unspecified atom stereocenters. The topological polar surface area (TPSA) is 44.4 Å². The van der Waals surface area contributed by atoms with E-state index in [9.17, 15) is 13.6 Å². The van der Waals surface area contributed by atoms with Crippen molar-refractivity contribution in [2.45, 2.75) is 26.7 Å². The number of halogens is 2. The molecular weight excluding hydrogens is 348 g/mol. The van der Waals surface area contributed by atoms with Crippen LogP contribution in [0, 0.1) is 11.6 Å². The molecule has 0 aliphatic carbocycles. The molecule has 6 heteroatoms. The van der Waals surface area contributed by atoms with E-state index in [1.165, 1.54) is 24.4 Å². The average molecular weight is 371 g/mol. The standard InChI is InChI=1S/C21H23F2N3O/c1-3-5-10-26(4-2)20-9-7-15(12-18(20)23)24-13-17-16-8-6-14(22)11-19(16)25-21(17)27/h6-9,11-13,24H,3-5,10H2,1-2H3,(H,25,27)/b17-13+. The van der Waals surface area contributed by atoms with Crippen LogP contribution in [0.15, 0.2) is 42.6 Å². The Morgan fingerprint density at radius 1 is 1.15 bits per heavy atom. The van der Waals surface area contributed by atoms with Crippen LogP contribution in [0.3, 0.4) is 0 Å². The van der Waals surface area contributed by atoms with E-state index in [-0.39, 0.29) is 11.7 Å². The maximum Gasteiger partial charge on any atom is 0.257 e. The summed E-state index contributed by atoms with van der Waals surface area (Å²) in [5.41, 5.74) is 2.54. The van der Waals surface area contributed by atoms with Gasteiger partial charge < -0.3 is 15.5 Å². The molecule has 0 aromatic heterocycles. The highest BCUT2D eigenvalue weighted by atomic mass is 19.1. The van der Waals surface area contributed by atoms with Gasteiger partial charge in [-0.15, -0.1) is 0 Å². The molecule has 1 heterocycles. The van der Waals surface area contributed by atoms with Crippen LogP contribution in [0.1, 0.15) is 32.3 Å². The van der Waals surface area contributed by atoms with Crippen molar-refractivity contribution >= 4 is 28.5 Å². The van der Waals surface area contributed by atoms with Crippen molar-refractivity contribution in [1.29, 1.82) is 0 Å². The number of hydrogen-bond donors (Lipinski definition) is 2. The Balaban J connectivity index is 1.78. The fourth-order valence-corrected chi connectivity index (χ4v) is 3.12. The Labute approximate surface area is 157 Å². The zero-order valence-corrected chi connectivity index (χ0v) is 15.5. The number of rotatable bonds is 7. The Hall–Kier alpha value is -2.89. The van der Waals surface area contributed by atoms with Crippen molar-refractivity contribution in [3.8, 4) is 0 Å². The molecule has 4 nitrogen and oxygen atoms in total. The monoisotopic (exact) mass is 371 g/mol. The van der Waals surface area contributed by atoms with Gasteiger partial charge in [-0.3, -0.25) is 4.79 Å². The first-order chi connectivity index (χ1) is 13.0. The van der Waals surface area contributed by atoms with Crippen molar-refractivity contribution in [1.82, 2.24) is 0 Å². The summed E-state index contributed by atoms with van der Waals surface area (Å²) in [7, 11) is 0. The highest BCUT2D eigenvalue weighted by Gasteiger charge is 2.24. The number of unbranched alkanes of at least 4 members (excludes halogenated alkanes) is 1. The first-order valence-corrected chi connectivity index (χ1v) is 9.16. The number of carbonyl (C=O) groups is 1. The molecule has 2 aromatic rings. The molecule has 2 N–H and O–H groups in total. The van der Waals surface area contributed by atoms with Gasteiger partial charge in [0.15, 0.2) is 0 Å². The van der Waals surface area contributed by atoms with Crippen molar-refractivity contribution in [2.24, 2.45) is 0 Å². The third-order valence-electron chi connectivity index (χ3n) is 4.60. The van der Waals surface area contributed by atoms with Gasteiger partial charge in [-0.2, -0.15) is 0 Å². The van der Waals surface area contributed by atoms with Gasteiger partial charge in [0.05, 0.1) is 16.9 Å².